The molecule has 0 amide bonds. The molecule has 0 radical (unpaired) electrons. The summed E-state index contributed by atoms with van der Waals surface area (Å²) in [6.45, 7) is 5.18. The lowest BCUT2D eigenvalue weighted by molar-refractivity contribution is 0.0512. The number of anilines is 2. The molecule has 1 aromatic heterocycles. The summed E-state index contributed by atoms with van der Waals surface area (Å²) in [5, 5.41) is 0.739. The van der Waals surface area contributed by atoms with E-state index in [-0.39, 0.29) is 11.8 Å². The first-order chi connectivity index (χ1) is 7.60. The topological polar surface area (TPSA) is 68.5 Å². The maximum absolute atomic E-state index is 11.6. The summed E-state index contributed by atoms with van der Waals surface area (Å²) in [5.74, 6) is -0.131. The van der Waals surface area contributed by atoms with Crippen LogP contribution in [0.3, 0.4) is 0 Å². The second-order valence-electron chi connectivity index (χ2n) is 3.36. The van der Waals surface area contributed by atoms with Gasteiger partial charge in [-0.1, -0.05) is 18.3 Å². The molecule has 1 heterocycles. The number of thiazole rings is 1. The van der Waals surface area contributed by atoms with E-state index in [0.29, 0.717) is 11.5 Å². The number of hydrogen-bond acceptors (Lipinski definition) is 6. The molecule has 2 N–H and O–H groups in total. The molecule has 1 aromatic rings. The highest BCUT2D eigenvalue weighted by atomic mass is 32.1. The third-order valence-corrected chi connectivity index (χ3v) is 3.23. The number of nitrogens with zero attached hydrogens (tertiary/aromatic N) is 2. The van der Waals surface area contributed by atoms with Crippen LogP contribution >= 0.6 is 11.3 Å². The van der Waals surface area contributed by atoms with E-state index in [4.69, 9.17) is 10.5 Å². The Balaban J connectivity index is 2.80. The van der Waals surface area contributed by atoms with Gasteiger partial charge in [-0.05, 0) is 13.3 Å². The Morgan fingerprint density at radius 2 is 2.25 bits per heavy atom. The number of rotatable bonds is 5. The normalized spacial score (nSPS) is 10.2. The van der Waals surface area contributed by atoms with Gasteiger partial charge in [0.25, 0.3) is 0 Å². The zero-order valence-electron chi connectivity index (χ0n) is 9.82. The number of ether oxygens (including phenoxy) is 1. The zero-order valence-corrected chi connectivity index (χ0v) is 10.6. The van der Waals surface area contributed by atoms with Gasteiger partial charge in [-0.15, -0.1) is 0 Å². The number of nitrogen functional groups attached to an aromatic ring is 1. The van der Waals surface area contributed by atoms with Crippen LogP contribution in [-0.2, 0) is 4.74 Å². The van der Waals surface area contributed by atoms with Crippen molar-refractivity contribution in [2.24, 2.45) is 0 Å². The predicted octanol–water partition coefficient (Wildman–Crippen LogP) is 1.75. The highest BCUT2D eigenvalue weighted by Crippen LogP contribution is 2.27. The lowest BCUT2D eigenvalue weighted by atomic mass is 10.5. The summed E-state index contributed by atoms with van der Waals surface area (Å²) in [4.78, 5) is 18.1. The van der Waals surface area contributed by atoms with Crippen molar-refractivity contribution >= 4 is 28.3 Å². The maximum Gasteiger partial charge on any atom is 0.352 e. The van der Waals surface area contributed by atoms with E-state index in [1.54, 1.807) is 0 Å². The SMILES string of the molecule is CCCOC(=O)c1sc(N(C)CC)nc1N. The van der Waals surface area contributed by atoms with E-state index in [1.807, 2.05) is 25.8 Å². The molecule has 0 saturated carbocycles. The number of aromatic nitrogens is 1. The van der Waals surface area contributed by atoms with Crippen molar-refractivity contribution in [2.75, 3.05) is 30.8 Å². The van der Waals surface area contributed by atoms with Crippen LogP contribution in [0.15, 0.2) is 0 Å². The summed E-state index contributed by atoms with van der Waals surface area (Å²) in [5.41, 5.74) is 5.68. The minimum atomic E-state index is -0.382. The van der Waals surface area contributed by atoms with E-state index in [9.17, 15) is 4.79 Å². The van der Waals surface area contributed by atoms with Crippen molar-refractivity contribution in [1.82, 2.24) is 4.98 Å². The number of hydrogen-bond donors (Lipinski definition) is 1. The standard InChI is InChI=1S/C10H17N3O2S/c1-4-6-15-9(14)7-8(11)12-10(16-7)13(3)5-2/h4-6,11H2,1-3H3. The van der Waals surface area contributed by atoms with Gasteiger partial charge in [-0.2, -0.15) is 0 Å². The summed E-state index contributed by atoms with van der Waals surface area (Å²) < 4.78 is 5.02. The average molecular weight is 243 g/mol. The molecule has 0 aromatic carbocycles. The molecule has 16 heavy (non-hydrogen) atoms. The van der Waals surface area contributed by atoms with Crippen LogP contribution in [0.2, 0.25) is 0 Å². The Hall–Kier alpha value is -1.30. The molecular formula is C10H17N3O2S. The second kappa shape index (κ2) is 5.69. The van der Waals surface area contributed by atoms with Crippen molar-refractivity contribution in [3.63, 3.8) is 0 Å². The molecule has 90 valence electrons. The summed E-state index contributed by atoms with van der Waals surface area (Å²) in [7, 11) is 1.90. The first kappa shape index (κ1) is 12.8. The van der Waals surface area contributed by atoms with Crippen LogP contribution in [0, 0.1) is 0 Å². The van der Waals surface area contributed by atoms with Crippen LogP contribution in [0.4, 0.5) is 10.9 Å². The van der Waals surface area contributed by atoms with Crippen LogP contribution in [0.1, 0.15) is 29.9 Å². The Kier molecular flexibility index (Phi) is 4.54. The van der Waals surface area contributed by atoms with E-state index in [2.05, 4.69) is 4.98 Å². The molecular weight excluding hydrogens is 226 g/mol. The molecule has 0 aliphatic rings. The van der Waals surface area contributed by atoms with E-state index >= 15 is 0 Å². The van der Waals surface area contributed by atoms with Crippen LogP contribution < -0.4 is 10.6 Å². The van der Waals surface area contributed by atoms with Gasteiger partial charge in [-0.25, -0.2) is 9.78 Å². The third kappa shape index (κ3) is 2.85. The Morgan fingerprint density at radius 1 is 1.56 bits per heavy atom. The van der Waals surface area contributed by atoms with Crippen molar-refractivity contribution < 1.29 is 9.53 Å². The molecule has 0 unspecified atom stereocenters. The fourth-order valence-electron chi connectivity index (χ4n) is 1.03. The molecule has 0 fully saturated rings. The zero-order chi connectivity index (χ0) is 12.1. The van der Waals surface area contributed by atoms with Gasteiger partial charge in [0.1, 0.15) is 0 Å². The molecule has 0 aliphatic heterocycles. The Morgan fingerprint density at radius 3 is 2.81 bits per heavy atom. The minimum absolute atomic E-state index is 0.251. The first-order valence-electron chi connectivity index (χ1n) is 5.24. The first-order valence-corrected chi connectivity index (χ1v) is 6.06. The monoisotopic (exact) mass is 243 g/mol. The summed E-state index contributed by atoms with van der Waals surface area (Å²) in [6.07, 6.45) is 0.798. The molecule has 0 atom stereocenters. The number of nitrogens with two attached hydrogens (primary N) is 1. The largest absolute Gasteiger partial charge is 0.461 e. The van der Waals surface area contributed by atoms with E-state index in [0.717, 1.165) is 18.1 Å². The van der Waals surface area contributed by atoms with Crippen LogP contribution in [0.5, 0.6) is 0 Å². The highest BCUT2D eigenvalue weighted by molar-refractivity contribution is 7.18. The average Bonchev–Trinajstić information content (AvgIpc) is 2.67. The van der Waals surface area contributed by atoms with Gasteiger partial charge < -0.3 is 15.4 Å². The van der Waals surface area contributed by atoms with Gasteiger partial charge in [-0.3, -0.25) is 0 Å². The fourth-order valence-corrected chi connectivity index (χ4v) is 1.93. The molecule has 5 nitrogen and oxygen atoms in total. The maximum atomic E-state index is 11.6. The van der Waals surface area contributed by atoms with Gasteiger partial charge in [0.15, 0.2) is 15.8 Å². The van der Waals surface area contributed by atoms with Gasteiger partial charge in [0.05, 0.1) is 6.61 Å². The quantitative estimate of drug-likeness (QED) is 0.798. The smallest absolute Gasteiger partial charge is 0.352 e. The third-order valence-electron chi connectivity index (χ3n) is 2.07. The van der Waals surface area contributed by atoms with Crippen LogP contribution in [0.25, 0.3) is 0 Å². The van der Waals surface area contributed by atoms with Gasteiger partial charge >= 0.3 is 5.97 Å². The number of carbonyl (C=O) groups excluding carboxylic acids is 1. The molecule has 0 spiro atoms. The molecule has 0 saturated heterocycles. The van der Waals surface area contributed by atoms with E-state index < -0.39 is 0 Å². The summed E-state index contributed by atoms with van der Waals surface area (Å²) >= 11 is 1.27. The van der Waals surface area contributed by atoms with Gasteiger partial charge in [0, 0.05) is 13.6 Å². The Bertz CT molecular complexity index is 365. The Labute approximate surface area is 99.2 Å². The van der Waals surface area contributed by atoms with Crippen molar-refractivity contribution in [3.8, 4) is 0 Å². The second-order valence-corrected chi connectivity index (χ2v) is 4.34. The lowest BCUT2D eigenvalue weighted by Crippen LogP contribution is -2.15. The van der Waals surface area contributed by atoms with Crippen molar-refractivity contribution in [1.29, 1.82) is 0 Å². The molecule has 6 heteroatoms. The fraction of sp³-hybridized carbons (Fsp3) is 0.600. The minimum Gasteiger partial charge on any atom is -0.461 e. The predicted molar refractivity (Wildman–Crippen MR) is 66.0 cm³/mol. The molecule has 0 aliphatic carbocycles. The summed E-state index contributed by atoms with van der Waals surface area (Å²) in [6, 6.07) is 0. The van der Waals surface area contributed by atoms with E-state index in [1.165, 1.54) is 11.3 Å². The van der Waals surface area contributed by atoms with Crippen molar-refractivity contribution in [2.45, 2.75) is 20.3 Å². The number of esters is 1. The van der Waals surface area contributed by atoms with Gasteiger partial charge in [0.2, 0.25) is 0 Å². The lowest BCUT2D eigenvalue weighted by Gasteiger charge is -2.10. The molecule has 1 rings (SSSR count). The highest BCUT2D eigenvalue weighted by Gasteiger charge is 2.18. The molecule has 0 bridgehead atoms. The van der Waals surface area contributed by atoms with Crippen molar-refractivity contribution in [3.05, 3.63) is 4.88 Å². The number of carbonyl (C=O) groups is 1. The van der Waals surface area contributed by atoms with Crippen LogP contribution in [-0.4, -0.2) is 31.2 Å².